The average Bonchev–Trinajstić information content (AvgIpc) is 2.15. The Hall–Kier alpha value is -0.680. The molecular formula is C9H10F3NS. The number of alkyl halides is 3. The van der Waals surface area contributed by atoms with E-state index < -0.39 is 12.2 Å². The van der Waals surface area contributed by atoms with Gasteiger partial charge in [-0.2, -0.15) is 13.2 Å². The van der Waals surface area contributed by atoms with Gasteiger partial charge in [0.15, 0.2) is 0 Å². The standard InChI is InChI=1S/C9H10F3NS/c1-14-7-4-2-3-6(5-7)8(13)9(10,11)12/h2-5,8H,13H2,1H3. The Morgan fingerprint density at radius 1 is 1.36 bits per heavy atom. The van der Waals surface area contributed by atoms with Gasteiger partial charge in [0.1, 0.15) is 6.04 Å². The van der Waals surface area contributed by atoms with Gasteiger partial charge in [0, 0.05) is 4.90 Å². The third-order valence-corrected chi connectivity index (χ3v) is 2.53. The predicted molar refractivity (Wildman–Crippen MR) is 51.2 cm³/mol. The molecule has 0 spiro atoms. The molecule has 0 aliphatic heterocycles. The first-order valence-corrected chi connectivity index (χ1v) is 5.14. The van der Waals surface area contributed by atoms with Gasteiger partial charge in [-0.25, -0.2) is 0 Å². The van der Waals surface area contributed by atoms with Gasteiger partial charge in [-0.1, -0.05) is 12.1 Å². The second kappa shape index (κ2) is 4.23. The number of hydrogen-bond donors (Lipinski definition) is 1. The number of benzene rings is 1. The van der Waals surface area contributed by atoms with Crippen LogP contribution in [0.5, 0.6) is 0 Å². The molecule has 0 saturated heterocycles. The maximum absolute atomic E-state index is 12.2. The van der Waals surface area contributed by atoms with Crippen LogP contribution in [-0.2, 0) is 0 Å². The van der Waals surface area contributed by atoms with E-state index >= 15 is 0 Å². The summed E-state index contributed by atoms with van der Waals surface area (Å²) in [7, 11) is 0. The molecule has 0 aliphatic rings. The van der Waals surface area contributed by atoms with Crippen molar-refractivity contribution in [2.75, 3.05) is 6.26 Å². The Labute approximate surface area is 84.5 Å². The van der Waals surface area contributed by atoms with Crippen LogP contribution >= 0.6 is 11.8 Å². The topological polar surface area (TPSA) is 26.0 Å². The molecule has 0 heterocycles. The van der Waals surface area contributed by atoms with Crippen LogP contribution in [0.4, 0.5) is 13.2 Å². The van der Waals surface area contributed by atoms with E-state index in [-0.39, 0.29) is 5.56 Å². The minimum Gasteiger partial charge on any atom is -0.316 e. The van der Waals surface area contributed by atoms with Gasteiger partial charge >= 0.3 is 6.18 Å². The fourth-order valence-corrected chi connectivity index (χ4v) is 1.49. The summed E-state index contributed by atoms with van der Waals surface area (Å²) in [6, 6.07) is 4.28. The van der Waals surface area contributed by atoms with Crippen LogP contribution in [0.25, 0.3) is 0 Å². The van der Waals surface area contributed by atoms with Crippen molar-refractivity contribution in [3.63, 3.8) is 0 Å². The van der Waals surface area contributed by atoms with Gasteiger partial charge in [0.05, 0.1) is 0 Å². The molecular weight excluding hydrogens is 211 g/mol. The van der Waals surface area contributed by atoms with E-state index in [0.29, 0.717) is 0 Å². The molecule has 0 fully saturated rings. The lowest BCUT2D eigenvalue weighted by molar-refractivity contribution is -0.149. The van der Waals surface area contributed by atoms with Crippen molar-refractivity contribution in [3.05, 3.63) is 29.8 Å². The molecule has 0 aromatic heterocycles. The molecule has 14 heavy (non-hydrogen) atoms. The van der Waals surface area contributed by atoms with Crippen LogP contribution in [0.1, 0.15) is 11.6 Å². The maximum Gasteiger partial charge on any atom is 0.407 e. The highest BCUT2D eigenvalue weighted by Crippen LogP contribution is 2.31. The molecule has 1 atom stereocenters. The van der Waals surface area contributed by atoms with Crippen molar-refractivity contribution >= 4 is 11.8 Å². The summed E-state index contributed by atoms with van der Waals surface area (Å²) in [6.07, 6.45) is -2.57. The number of rotatable bonds is 2. The van der Waals surface area contributed by atoms with Crippen molar-refractivity contribution in [3.8, 4) is 0 Å². The molecule has 1 rings (SSSR count). The van der Waals surface area contributed by atoms with E-state index in [0.717, 1.165) is 4.90 Å². The van der Waals surface area contributed by atoms with Crippen LogP contribution in [0, 0.1) is 0 Å². The Morgan fingerprint density at radius 2 is 2.00 bits per heavy atom. The zero-order chi connectivity index (χ0) is 10.8. The van der Waals surface area contributed by atoms with Gasteiger partial charge in [-0.3, -0.25) is 0 Å². The first kappa shape index (κ1) is 11.4. The van der Waals surface area contributed by atoms with E-state index in [1.807, 2.05) is 0 Å². The van der Waals surface area contributed by atoms with Crippen molar-refractivity contribution < 1.29 is 13.2 Å². The third-order valence-electron chi connectivity index (χ3n) is 1.81. The number of hydrogen-bond acceptors (Lipinski definition) is 2. The van der Waals surface area contributed by atoms with Gasteiger partial charge in [0.25, 0.3) is 0 Å². The molecule has 0 amide bonds. The minimum absolute atomic E-state index is 0.101. The monoisotopic (exact) mass is 221 g/mol. The van der Waals surface area contributed by atoms with Crippen molar-refractivity contribution in [2.24, 2.45) is 5.73 Å². The van der Waals surface area contributed by atoms with Crippen LogP contribution in [0.15, 0.2) is 29.2 Å². The van der Waals surface area contributed by atoms with E-state index in [2.05, 4.69) is 0 Å². The number of thioether (sulfide) groups is 1. The Balaban J connectivity index is 2.95. The number of halogens is 3. The Bertz CT molecular complexity index is 311. The van der Waals surface area contributed by atoms with E-state index in [9.17, 15) is 13.2 Å². The summed E-state index contributed by atoms with van der Waals surface area (Å²) >= 11 is 1.39. The molecule has 78 valence electrons. The summed E-state index contributed by atoms with van der Waals surface area (Å²) in [5.41, 5.74) is 5.16. The molecule has 5 heteroatoms. The van der Waals surface area contributed by atoms with E-state index in [1.54, 1.807) is 18.4 Å². The molecule has 1 unspecified atom stereocenters. The fourth-order valence-electron chi connectivity index (χ4n) is 1.02. The van der Waals surface area contributed by atoms with Crippen molar-refractivity contribution in [1.29, 1.82) is 0 Å². The van der Waals surface area contributed by atoms with Crippen molar-refractivity contribution in [2.45, 2.75) is 17.1 Å². The molecule has 0 aliphatic carbocycles. The van der Waals surface area contributed by atoms with Crippen LogP contribution in [-0.4, -0.2) is 12.4 Å². The number of nitrogens with two attached hydrogens (primary N) is 1. The highest BCUT2D eigenvalue weighted by atomic mass is 32.2. The van der Waals surface area contributed by atoms with Crippen molar-refractivity contribution in [1.82, 2.24) is 0 Å². The fraction of sp³-hybridized carbons (Fsp3) is 0.333. The molecule has 1 aromatic carbocycles. The molecule has 1 aromatic rings. The lowest BCUT2D eigenvalue weighted by Gasteiger charge is -2.16. The molecule has 2 N–H and O–H groups in total. The van der Waals surface area contributed by atoms with Crippen LogP contribution in [0.2, 0.25) is 0 Å². The first-order valence-electron chi connectivity index (χ1n) is 3.91. The van der Waals surface area contributed by atoms with E-state index in [1.165, 1.54) is 23.9 Å². The zero-order valence-electron chi connectivity index (χ0n) is 7.51. The quantitative estimate of drug-likeness (QED) is 0.777. The minimum atomic E-state index is -4.38. The van der Waals surface area contributed by atoms with Gasteiger partial charge in [-0.15, -0.1) is 11.8 Å². The highest BCUT2D eigenvalue weighted by Gasteiger charge is 2.37. The summed E-state index contributed by atoms with van der Waals surface area (Å²) in [4.78, 5) is 0.780. The largest absolute Gasteiger partial charge is 0.407 e. The zero-order valence-corrected chi connectivity index (χ0v) is 8.32. The summed E-state index contributed by atoms with van der Waals surface area (Å²) in [6.45, 7) is 0. The Kier molecular flexibility index (Phi) is 3.44. The Morgan fingerprint density at radius 3 is 2.50 bits per heavy atom. The summed E-state index contributed by atoms with van der Waals surface area (Å²) < 4.78 is 36.7. The molecule has 0 radical (unpaired) electrons. The normalized spacial score (nSPS) is 14.1. The van der Waals surface area contributed by atoms with Gasteiger partial charge in [0.2, 0.25) is 0 Å². The second-order valence-electron chi connectivity index (χ2n) is 2.80. The van der Waals surface area contributed by atoms with E-state index in [4.69, 9.17) is 5.73 Å². The van der Waals surface area contributed by atoms with Crippen LogP contribution < -0.4 is 5.73 Å². The SMILES string of the molecule is CSc1cccc(C(N)C(F)(F)F)c1. The predicted octanol–water partition coefficient (Wildman–Crippen LogP) is 2.97. The first-order chi connectivity index (χ1) is 6.45. The third kappa shape index (κ3) is 2.65. The molecule has 0 bridgehead atoms. The lowest BCUT2D eigenvalue weighted by Crippen LogP contribution is -2.28. The average molecular weight is 221 g/mol. The molecule has 1 nitrogen and oxygen atoms in total. The highest BCUT2D eigenvalue weighted by molar-refractivity contribution is 7.98. The maximum atomic E-state index is 12.2. The van der Waals surface area contributed by atoms with Crippen LogP contribution in [0.3, 0.4) is 0 Å². The summed E-state index contributed by atoms with van der Waals surface area (Å²) in [5.74, 6) is 0. The van der Waals surface area contributed by atoms with Gasteiger partial charge < -0.3 is 5.73 Å². The lowest BCUT2D eigenvalue weighted by atomic mass is 10.1. The second-order valence-corrected chi connectivity index (χ2v) is 3.68. The van der Waals surface area contributed by atoms with Gasteiger partial charge in [-0.05, 0) is 24.0 Å². The summed E-state index contributed by atoms with van der Waals surface area (Å²) in [5, 5.41) is 0. The molecule has 0 saturated carbocycles. The smallest absolute Gasteiger partial charge is 0.316 e.